The van der Waals surface area contributed by atoms with Gasteiger partial charge >= 0.3 is 12.1 Å². The van der Waals surface area contributed by atoms with E-state index < -0.39 is 23.3 Å². The summed E-state index contributed by atoms with van der Waals surface area (Å²) in [6.45, 7) is 10.5. The van der Waals surface area contributed by atoms with Gasteiger partial charge in [-0.3, -0.25) is 0 Å². The molecule has 0 aromatic carbocycles. The van der Waals surface area contributed by atoms with E-state index in [0.717, 1.165) is 0 Å². The van der Waals surface area contributed by atoms with E-state index in [1.165, 1.54) is 0 Å². The predicted octanol–water partition coefficient (Wildman–Crippen LogP) is 2.23. The highest BCUT2D eigenvalue weighted by Crippen LogP contribution is 2.16. The first-order valence-electron chi connectivity index (χ1n) is 5.68. The van der Waals surface area contributed by atoms with E-state index in [1.54, 1.807) is 27.7 Å². The van der Waals surface area contributed by atoms with Crippen molar-refractivity contribution in [1.29, 1.82) is 0 Å². The average Bonchev–Trinajstić information content (AvgIpc) is 1.96. The molecule has 0 radical (unpaired) electrons. The maximum absolute atomic E-state index is 11.6. The topological polar surface area (TPSA) is 78.6 Å². The molecule has 0 amide bonds. The number of carbonyl (C=O) groups excluding carboxylic acids is 2. The molecule has 0 heterocycles. The molecule has 100 valence electrons. The monoisotopic (exact) mass is 245 g/mol. The van der Waals surface area contributed by atoms with Crippen LogP contribution in [-0.4, -0.2) is 23.3 Å². The van der Waals surface area contributed by atoms with Gasteiger partial charge in [0.15, 0.2) is 0 Å². The van der Waals surface area contributed by atoms with Gasteiger partial charge < -0.3 is 15.2 Å². The van der Waals surface area contributed by atoms with E-state index in [1.807, 2.05) is 13.8 Å². The van der Waals surface area contributed by atoms with Crippen molar-refractivity contribution < 1.29 is 19.1 Å². The van der Waals surface area contributed by atoms with Crippen molar-refractivity contribution >= 4 is 12.1 Å². The van der Waals surface area contributed by atoms with Crippen LogP contribution in [0.4, 0.5) is 4.79 Å². The molecule has 0 saturated heterocycles. The number of carbonyl (C=O) groups is 2. The molecule has 5 nitrogen and oxygen atoms in total. The Morgan fingerprint density at radius 3 is 2.00 bits per heavy atom. The lowest BCUT2D eigenvalue weighted by atomic mass is 9.92. The zero-order valence-electron chi connectivity index (χ0n) is 11.5. The lowest BCUT2D eigenvalue weighted by Crippen LogP contribution is -2.48. The van der Waals surface area contributed by atoms with Crippen molar-refractivity contribution in [2.45, 2.75) is 59.1 Å². The quantitative estimate of drug-likeness (QED) is 0.609. The summed E-state index contributed by atoms with van der Waals surface area (Å²) < 4.78 is 9.44. The van der Waals surface area contributed by atoms with Crippen LogP contribution in [0.25, 0.3) is 0 Å². The van der Waals surface area contributed by atoms with Gasteiger partial charge in [-0.05, 0) is 40.0 Å². The summed E-state index contributed by atoms with van der Waals surface area (Å²) in [4.78, 5) is 22.9. The summed E-state index contributed by atoms with van der Waals surface area (Å²) in [5.41, 5.74) is 3.92. The summed E-state index contributed by atoms with van der Waals surface area (Å²) in [5, 5.41) is 0. The Hall–Kier alpha value is -1.10. The van der Waals surface area contributed by atoms with Crippen LogP contribution >= 0.6 is 0 Å². The average molecular weight is 245 g/mol. The minimum atomic E-state index is -1.18. The van der Waals surface area contributed by atoms with Gasteiger partial charge in [0.2, 0.25) is 0 Å². The van der Waals surface area contributed by atoms with Gasteiger partial charge in [-0.1, -0.05) is 13.8 Å². The Balaban J connectivity index is 4.39. The highest BCUT2D eigenvalue weighted by Gasteiger charge is 2.34. The summed E-state index contributed by atoms with van der Waals surface area (Å²) >= 11 is 0. The molecule has 0 fully saturated rings. The summed E-state index contributed by atoms with van der Waals surface area (Å²) in [6.07, 6.45) is -0.572. The number of esters is 1. The number of hydrogen-bond donors (Lipinski definition) is 1. The number of ether oxygens (including phenoxy) is 2. The van der Waals surface area contributed by atoms with Crippen LogP contribution in [0.15, 0.2) is 0 Å². The SMILES string of the molecule is CC(C)CC(C)(N)C(=O)OC(=O)OC(C)(C)C. The van der Waals surface area contributed by atoms with Crippen molar-refractivity contribution in [3.8, 4) is 0 Å². The molecule has 0 aliphatic rings. The second-order valence-corrected chi connectivity index (χ2v) is 5.87. The van der Waals surface area contributed by atoms with Crippen LogP contribution in [0.1, 0.15) is 48.0 Å². The van der Waals surface area contributed by atoms with Gasteiger partial charge in [0.25, 0.3) is 0 Å². The predicted molar refractivity (Wildman–Crippen MR) is 64.4 cm³/mol. The molecule has 2 N–H and O–H groups in total. The molecule has 17 heavy (non-hydrogen) atoms. The lowest BCUT2D eigenvalue weighted by Gasteiger charge is -2.24. The molecule has 0 aromatic rings. The van der Waals surface area contributed by atoms with Crippen LogP contribution in [0, 0.1) is 5.92 Å². The van der Waals surface area contributed by atoms with Crippen LogP contribution in [0.5, 0.6) is 0 Å². The number of hydrogen-bond acceptors (Lipinski definition) is 5. The summed E-state index contributed by atoms with van der Waals surface area (Å²) in [6, 6.07) is 0. The largest absolute Gasteiger partial charge is 0.516 e. The third-order valence-corrected chi connectivity index (χ3v) is 1.86. The molecule has 0 aliphatic heterocycles. The molecule has 0 aromatic heterocycles. The number of nitrogens with two attached hydrogens (primary N) is 1. The Morgan fingerprint density at radius 2 is 1.65 bits per heavy atom. The molecular weight excluding hydrogens is 222 g/mol. The zero-order valence-corrected chi connectivity index (χ0v) is 11.5. The van der Waals surface area contributed by atoms with Crippen molar-refractivity contribution in [3.05, 3.63) is 0 Å². The third kappa shape index (κ3) is 6.94. The maximum Gasteiger partial charge on any atom is 0.516 e. The molecule has 1 unspecified atom stereocenters. The van der Waals surface area contributed by atoms with E-state index in [2.05, 4.69) is 4.74 Å². The van der Waals surface area contributed by atoms with Crippen molar-refractivity contribution in [2.24, 2.45) is 11.7 Å². The Labute approximate surface area is 103 Å². The molecule has 0 spiro atoms. The molecule has 0 saturated carbocycles. The van der Waals surface area contributed by atoms with Crippen LogP contribution in [0.2, 0.25) is 0 Å². The minimum Gasteiger partial charge on any atom is -0.428 e. The zero-order chi connectivity index (χ0) is 13.9. The van der Waals surface area contributed by atoms with Crippen molar-refractivity contribution in [1.82, 2.24) is 0 Å². The minimum absolute atomic E-state index is 0.233. The van der Waals surface area contributed by atoms with Gasteiger partial charge in [0, 0.05) is 0 Å². The molecule has 5 heteroatoms. The van der Waals surface area contributed by atoms with Crippen molar-refractivity contribution in [3.63, 3.8) is 0 Å². The molecule has 0 aliphatic carbocycles. The smallest absolute Gasteiger partial charge is 0.428 e. The lowest BCUT2D eigenvalue weighted by molar-refractivity contribution is -0.147. The summed E-state index contributed by atoms with van der Waals surface area (Å²) in [7, 11) is 0. The van der Waals surface area contributed by atoms with E-state index >= 15 is 0 Å². The Kier molecular flexibility index (Phi) is 5.13. The third-order valence-electron chi connectivity index (χ3n) is 1.86. The standard InChI is InChI=1S/C12H23NO4/c1-8(2)7-12(6,13)9(14)16-10(15)17-11(3,4)5/h8H,7,13H2,1-6H3. The van der Waals surface area contributed by atoms with Gasteiger partial charge in [-0.15, -0.1) is 0 Å². The van der Waals surface area contributed by atoms with E-state index in [-0.39, 0.29) is 5.92 Å². The fraction of sp³-hybridized carbons (Fsp3) is 0.833. The highest BCUT2D eigenvalue weighted by molar-refractivity contribution is 5.88. The molecule has 1 atom stereocenters. The van der Waals surface area contributed by atoms with E-state index in [9.17, 15) is 9.59 Å². The van der Waals surface area contributed by atoms with E-state index in [4.69, 9.17) is 10.5 Å². The Bertz CT molecular complexity index is 289. The fourth-order valence-corrected chi connectivity index (χ4v) is 1.39. The summed E-state index contributed by atoms with van der Waals surface area (Å²) in [5.74, 6) is -0.531. The molecular formula is C12H23NO4. The second-order valence-electron chi connectivity index (χ2n) is 5.87. The van der Waals surface area contributed by atoms with Gasteiger partial charge in [0.05, 0.1) is 0 Å². The van der Waals surface area contributed by atoms with Crippen LogP contribution in [0.3, 0.4) is 0 Å². The molecule has 0 rings (SSSR count). The number of rotatable bonds is 3. The first-order valence-corrected chi connectivity index (χ1v) is 5.68. The Morgan fingerprint density at radius 1 is 1.18 bits per heavy atom. The fourth-order valence-electron chi connectivity index (χ4n) is 1.39. The van der Waals surface area contributed by atoms with E-state index in [0.29, 0.717) is 6.42 Å². The van der Waals surface area contributed by atoms with Gasteiger partial charge in [-0.2, -0.15) is 0 Å². The second kappa shape index (κ2) is 5.49. The van der Waals surface area contributed by atoms with Crippen LogP contribution in [-0.2, 0) is 14.3 Å². The van der Waals surface area contributed by atoms with Gasteiger partial charge in [0.1, 0.15) is 11.1 Å². The van der Waals surface area contributed by atoms with Crippen molar-refractivity contribution in [2.75, 3.05) is 0 Å². The molecule has 0 bridgehead atoms. The first-order chi connectivity index (χ1) is 7.44. The maximum atomic E-state index is 11.6. The highest BCUT2D eigenvalue weighted by atomic mass is 16.7. The van der Waals surface area contributed by atoms with Crippen LogP contribution < -0.4 is 5.73 Å². The first kappa shape index (κ1) is 15.9. The normalized spacial score (nSPS) is 15.3. The van der Waals surface area contributed by atoms with Gasteiger partial charge in [-0.25, -0.2) is 9.59 Å².